The van der Waals surface area contributed by atoms with Gasteiger partial charge in [-0.25, -0.2) is 0 Å². The molecular formula is C23H22N2O2. The van der Waals surface area contributed by atoms with E-state index in [4.69, 9.17) is 0 Å². The first kappa shape index (κ1) is 17.3. The van der Waals surface area contributed by atoms with Crippen LogP contribution < -0.4 is 10.2 Å². The van der Waals surface area contributed by atoms with Crippen molar-refractivity contribution in [1.82, 2.24) is 0 Å². The fraction of sp³-hybridized carbons (Fsp3) is 0.217. The van der Waals surface area contributed by atoms with Gasteiger partial charge in [0.25, 0.3) is 0 Å². The van der Waals surface area contributed by atoms with Crippen molar-refractivity contribution in [3.05, 3.63) is 71.8 Å². The molecule has 27 heavy (non-hydrogen) atoms. The Hall–Kier alpha value is -3.14. The summed E-state index contributed by atoms with van der Waals surface area (Å²) in [6, 6.07) is 20.0. The molecular weight excluding hydrogens is 336 g/mol. The summed E-state index contributed by atoms with van der Waals surface area (Å²) in [6.45, 7) is 4.37. The molecule has 3 aromatic rings. The molecule has 1 atom stereocenters. The van der Waals surface area contributed by atoms with Crippen molar-refractivity contribution < 1.29 is 9.59 Å². The summed E-state index contributed by atoms with van der Waals surface area (Å²) in [6.07, 6.45) is 0.240. The Morgan fingerprint density at radius 3 is 2.59 bits per heavy atom. The van der Waals surface area contributed by atoms with E-state index in [9.17, 15) is 9.59 Å². The maximum Gasteiger partial charge on any atom is 0.229 e. The summed E-state index contributed by atoms with van der Waals surface area (Å²) in [5.41, 5.74) is 3.78. The van der Waals surface area contributed by atoms with Gasteiger partial charge in [0.1, 0.15) is 0 Å². The van der Waals surface area contributed by atoms with Crippen molar-refractivity contribution in [2.45, 2.75) is 20.3 Å². The molecule has 1 saturated heterocycles. The van der Waals surface area contributed by atoms with Crippen LogP contribution in [0.4, 0.5) is 11.4 Å². The van der Waals surface area contributed by atoms with Gasteiger partial charge in [-0.15, -0.1) is 0 Å². The van der Waals surface area contributed by atoms with Gasteiger partial charge in [0.05, 0.1) is 5.92 Å². The first-order valence-corrected chi connectivity index (χ1v) is 9.18. The van der Waals surface area contributed by atoms with Gasteiger partial charge in [0, 0.05) is 24.3 Å². The molecule has 0 aliphatic carbocycles. The monoisotopic (exact) mass is 358 g/mol. The standard InChI is InChI=1S/C23H22N2O2/c1-15-7-8-16(2)21(11-15)24-23(27)19-13-22(26)25(14-19)20-10-9-17-5-3-4-6-18(17)12-20/h3-12,19H,13-14H2,1-2H3,(H,24,27)/t19-/m1/s1. The zero-order valence-electron chi connectivity index (χ0n) is 15.5. The van der Waals surface area contributed by atoms with Crippen molar-refractivity contribution in [3.8, 4) is 0 Å². The van der Waals surface area contributed by atoms with Crippen LogP contribution in [0.2, 0.25) is 0 Å². The Bertz CT molecular complexity index is 1040. The molecule has 0 aromatic heterocycles. The first-order valence-electron chi connectivity index (χ1n) is 9.18. The van der Waals surface area contributed by atoms with Gasteiger partial charge in [-0.05, 0) is 53.9 Å². The zero-order chi connectivity index (χ0) is 19.0. The van der Waals surface area contributed by atoms with Crippen LogP contribution in [0, 0.1) is 19.8 Å². The molecule has 0 unspecified atom stereocenters. The van der Waals surface area contributed by atoms with Crippen LogP contribution in [-0.4, -0.2) is 18.4 Å². The molecule has 3 aromatic carbocycles. The molecule has 136 valence electrons. The van der Waals surface area contributed by atoms with E-state index in [1.54, 1.807) is 4.90 Å². The van der Waals surface area contributed by atoms with E-state index >= 15 is 0 Å². The predicted molar refractivity (Wildman–Crippen MR) is 109 cm³/mol. The van der Waals surface area contributed by atoms with E-state index in [1.807, 2.05) is 74.5 Å². The average Bonchev–Trinajstić information content (AvgIpc) is 3.06. The number of nitrogens with zero attached hydrogens (tertiary/aromatic N) is 1. The molecule has 2 amide bonds. The molecule has 0 saturated carbocycles. The van der Waals surface area contributed by atoms with Crippen molar-refractivity contribution in [2.24, 2.45) is 5.92 Å². The molecule has 4 nitrogen and oxygen atoms in total. The Labute approximate surface area is 158 Å². The molecule has 4 heteroatoms. The fourth-order valence-corrected chi connectivity index (χ4v) is 3.58. The van der Waals surface area contributed by atoms with Gasteiger partial charge in [-0.2, -0.15) is 0 Å². The Balaban J connectivity index is 1.52. The second-order valence-corrected chi connectivity index (χ2v) is 7.24. The number of amides is 2. The van der Waals surface area contributed by atoms with E-state index in [-0.39, 0.29) is 24.2 Å². The first-order chi connectivity index (χ1) is 13.0. The number of aryl methyl sites for hydroxylation is 2. The number of carbonyl (C=O) groups is 2. The highest BCUT2D eigenvalue weighted by Gasteiger charge is 2.35. The SMILES string of the molecule is Cc1ccc(C)c(NC(=O)[C@@H]2CC(=O)N(c3ccc4ccccc4c3)C2)c1. The minimum absolute atomic E-state index is 0.00797. The highest BCUT2D eigenvalue weighted by atomic mass is 16.2. The van der Waals surface area contributed by atoms with Gasteiger partial charge >= 0.3 is 0 Å². The molecule has 1 N–H and O–H groups in total. The fourth-order valence-electron chi connectivity index (χ4n) is 3.58. The van der Waals surface area contributed by atoms with Crippen molar-refractivity contribution in [2.75, 3.05) is 16.8 Å². The summed E-state index contributed by atoms with van der Waals surface area (Å²) in [7, 11) is 0. The minimum atomic E-state index is -0.344. The van der Waals surface area contributed by atoms with Gasteiger partial charge < -0.3 is 10.2 Å². The molecule has 0 bridgehead atoms. The Morgan fingerprint density at radius 2 is 1.78 bits per heavy atom. The molecule has 1 aliphatic rings. The highest BCUT2D eigenvalue weighted by Crippen LogP contribution is 2.29. The molecule has 4 rings (SSSR count). The van der Waals surface area contributed by atoms with Crippen LogP contribution in [0.3, 0.4) is 0 Å². The number of fused-ring (bicyclic) bond motifs is 1. The van der Waals surface area contributed by atoms with Gasteiger partial charge in [0.2, 0.25) is 11.8 Å². The smallest absolute Gasteiger partial charge is 0.229 e. The Kier molecular flexibility index (Phi) is 4.40. The number of anilines is 2. The lowest BCUT2D eigenvalue weighted by atomic mass is 10.1. The maximum atomic E-state index is 12.7. The summed E-state index contributed by atoms with van der Waals surface area (Å²) >= 11 is 0. The molecule has 0 radical (unpaired) electrons. The Morgan fingerprint density at radius 1 is 1.00 bits per heavy atom. The molecule has 1 fully saturated rings. The van der Waals surface area contributed by atoms with E-state index in [2.05, 4.69) is 5.32 Å². The van der Waals surface area contributed by atoms with E-state index in [1.165, 1.54) is 0 Å². The number of nitrogens with one attached hydrogen (secondary N) is 1. The van der Waals surface area contributed by atoms with Crippen LogP contribution in [-0.2, 0) is 9.59 Å². The van der Waals surface area contributed by atoms with E-state index < -0.39 is 0 Å². The van der Waals surface area contributed by atoms with Crippen molar-refractivity contribution in [3.63, 3.8) is 0 Å². The zero-order valence-corrected chi connectivity index (χ0v) is 15.5. The predicted octanol–water partition coefficient (Wildman–Crippen LogP) is 4.45. The normalized spacial score (nSPS) is 16.7. The topological polar surface area (TPSA) is 49.4 Å². The van der Waals surface area contributed by atoms with Crippen LogP contribution in [0.25, 0.3) is 10.8 Å². The highest BCUT2D eigenvalue weighted by molar-refractivity contribution is 6.04. The summed E-state index contributed by atoms with van der Waals surface area (Å²) in [5.74, 6) is -0.449. The molecule has 1 aliphatic heterocycles. The minimum Gasteiger partial charge on any atom is -0.326 e. The quantitative estimate of drug-likeness (QED) is 0.752. The van der Waals surface area contributed by atoms with Crippen LogP contribution in [0.15, 0.2) is 60.7 Å². The van der Waals surface area contributed by atoms with Crippen LogP contribution in [0.1, 0.15) is 17.5 Å². The van der Waals surface area contributed by atoms with E-state index in [0.717, 1.165) is 33.3 Å². The number of hydrogen-bond donors (Lipinski definition) is 1. The summed E-state index contributed by atoms with van der Waals surface area (Å²) in [5, 5.41) is 5.22. The average molecular weight is 358 g/mol. The number of rotatable bonds is 3. The van der Waals surface area contributed by atoms with Gasteiger partial charge in [-0.3, -0.25) is 9.59 Å². The lowest BCUT2D eigenvalue weighted by Gasteiger charge is -2.18. The van der Waals surface area contributed by atoms with Gasteiger partial charge in [-0.1, -0.05) is 42.5 Å². The summed E-state index contributed by atoms with van der Waals surface area (Å²) < 4.78 is 0. The molecule has 0 spiro atoms. The second-order valence-electron chi connectivity index (χ2n) is 7.24. The van der Waals surface area contributed by atoms with Crippen molar-refractivity contribution in [1.29, 1.82) is 0 Å². The number of benzene rings is 3. The van der Waals surface area contributed by atoms with E-state index in [0.29, 0.717) is 6.54 Å². The number of hydrogen-bond acceptors (Lipinski definition) is 2. The lowest BCUT2D eigenvalue weighted by molar-refractivity contribution is -0.122. The third-order valence-corrected chi connectivity index (χ3v) is 5.19. The largest absolute Gasteiger partial charge is 0.326 e. The molecule has 1 heterocycles. The van der Waals surface area contributed by atoms with Crippen molar-refractivity contribution >= 4 is 34.0 Å². The third-order valence-electron chi connectivity index (χ3n) is 5.19. The second kappa shape index (κ2) is 6.88. The summed E-state index contributed by atoms with van der Waals surface area (Å²) in [4.78, 5) is 27.0. The van der Waals surface area contributed by atoms with Crippen LogP contribution in [0.5, 0.6) is 0 Å². The van der Waals surface area contributed by atoms with Crippen LogP contribution >= 0.6 is 0 Å². The third kappa shape index (κ3) is 3.43. The number of carbonyl (C=O) groups excluding carboxylic acids is 2. The van der Waals surface area contributed by atoms with Gasteiger partial charge in [0.15, 0.2) is 0 Å². The lowest BCUT2D eigenvalue weighted by Crippen LogP contribution is -2.28. The maximum absolute atomic E-state index is 12.7.